The summed E-state index contributed by atoms with van der Waals surface area (Å²) in [5, 5.41) is 25.2. The summed E-state index contributed by atoms with van der Waals surface area (Å²) in [6.45, 7) is 2.11. The predicted molar refractivity (Wildman–Crippen MR) is 129 cm³/mol. The van der Waals surface area contributed by atoms with Gasteiger partial charge in [0.05, 0.1) is 24.0 Å². The number of likely N-dealkylation sites (N-methyl/N-ethyl adjacent to an activating group) is 1. The molecule has 2 heterocycles. The van der Waals surface area contributed by atoms with Gasteiger partial charge in [-0.3, -0.25) is 20.2 Å². The smallest absolute Gasteiger partial charge is 0.278 e. The molecule has 0 radical (unpaired) electrons. The zero-order valence-electron chi connectivity index (χ0n) is 18.5. The van der Waals surface area contributed by atoms with Crippen molar-refractivity contribution in [2.75, 3.05) is 13.7 Å². The Kier molecular flexibility index (Phi) is 6.81. The number of rotatable bonds is 8. The van der Waals surface area contributed by atoms with Gasteiger partial charge in [-0.1, -0.05) is 42.1 Å². The van der Waals surface area contributed by atoms with Crippen LogP contribution in [0.3, 0.4) is 0 Å². The Labute approximate surface area is 197 Å². The molecule has 1 unspecified atom stereocenters. The van der Waals surface area contributed by atoms with Gasteiger partial charge in [0.25, 0.3) is 5.91 Å². The second-order valence-corrected chi connectivity index (χ2v) is 8.75. The maximum atomic E-state index is 13.1. The summed E-state index contributed by atoms with van der Waals surface area (Å²) < 4.78 is 1.93. The molecule has 0 aliphatic carbocycles. The van der Waals surface area contributed by atoms with E-state index in [-0.39, 0.29) is 24.4 Å². The van der Waals surface area contributed by atoms with Crippen molar-refractivity contribution in [2.45, 2.75) is 24.4 Å². The molecule has 3 aromatic rings. The van der Waals surface area contributed by atoms with Crippen molar-refractivity contribution in [1.82, 2.24) is 24.9 Å². The fourth-order valence-corrected chi connectivity index (χ4v) is 4.54. The van der Waals surface area contributed by atoms with Gasteiger partial charge in [0.15, 0.2) is 5.84 Å². The first-order valence-electron chi connectivity index (χ1n) is 10.5. The van der Waals surface area contributed by atoms with E-state index in [1.165, 1.54) is 21.8 Å². The highest BCUT2D eigenvalue weighted by Crippen LogP contribution is 2.32. The van der Waals surface area contributed by atoms with E-state index < -0.39 is 0 Å². The Morgan fingerprint density at radius 3 is 2.55 bits per heavy atom. The monoisotopic (exact) mass is 462 g/mol. The summed E-state index contributed by atoms with van der Waals surface area (Å²) in [4.78, 5) is 18.1. The van der Waals surface area contributed by atoms with E-state index >= 15 is 0 Å². The zero-order valence-corrected chi connectivity index (χ0v) is 19.3. The number of benzene rings is 2. The SMILES string of the molecule is CC(CO)N1C(=N)/C(=C(\NCc2ccc(-n3ccnc3)cc2)Sc2ccccc2)C(=O)N1C. The highest BCUT2D eigenvalue weighted by molar-refractivity contribution is 8.03. The number of nitrogens with zero attached hydrogens (tertiary/aromatic N) is 4. The van der Waals surface area contributed by atoms with Crippen LogP contribution in [-0.4, -0.2) is 56.1 Å². The summed E-state index contributed by atoms with van der Waals surface area (Å²) in [6, 6.07) is 17.4. The number of imidazole rings is 1. The van der Waals surface area contributed by atoms with Crippen molar-refractivity contribution in [3.63, 3.8) is 0 Å². The number of amidine groups is 1. The second-order valence-electron chi connectivity index (χ2n) is 7.66. The van der Waals surface area contributed by atoms with Crippen molar-refractivity contribution in [3.8, 4) is 5.69 Å². The molecule has 1 aliphatic heterocycles. The van der Waals surface area contributed by atoms with Crippen LogP contribution in [-0.2, 0) is 11.3 Å². The normalized spacial score (nSPS) is 16.3. The highest BCUT2D eigenvalue weighted by atomic mass is 32.2. The Hall–Kier alpha value is -3.56. The van der Waals surface area contributed by atoms with Crippen molar-refractivity contribution in [2.24, 2.45) is 0 Å². The molecule has 1 aromatic heterocycles. The number of thioether (sulfide) groups is 1. The maximum absolute atomic E-state index is 13.1. The lowest BCUT2D eigenvalue weighted by atomic mass is 10.2. The van der Waals surface area contributed by atoms with Crippen molar-refractivity contribution >= 4 is 23.5 Å². The summed E-state index contributed by atoms with van der Waals surface area (Å²) in [5.74, 6) is -0.202. The van der Waals surface area contributed by atoms with Gasteiger partial charge in [0.2, 0.25) is 0 Å². The van der Waals surface area contributed by atoms with Gasteiger partial charge in [0, 0.05) is 36.6 Å². The van der Waals surface area contributed by atoms with E-state index in [4.69, 9.17) is 5.41 Å². The molecule has 1 amide bonds. The second kappa shape index (κ2) is 9.93. The molecular formula is C24H26N6O2S. The lowest BCUT2D eigenvalue weighted by Crippen LogP contribution is -2.45. The Morgan fingerprint density at radius 2 is 1.91 bits per heavy atom. The molecule has 0 saturated carbocycles. The third-order valence-corrected chi connectivity index (χ3v) is 6.42. The largest absolute Gasteiger partial charge is 0.394 e. The Bertz CT molecular complexity index is 1150. The lowest BCUT2D eigenvalue weighted by Gasteiger charge is -2.29. The third-order valence-electron chi connectivity index (χ3n) is 5.36. The Morgan fingerprint density at radius 1 is 1.18 bits per heavy atom. The summed E-state index contributed by atoms with van der Waals surface area (Å²) in [6.07, 6.45) is 5.37. The van der Waals surface area contributed by atoms with Gasteiger partial charge >= 0.3 is 0 Å². The zero-order chi connectivity index (χ0) is 23.4. The minimum atomic E-state index is -0.386. The first-order chi connectivity index (χ1) is 16.0. The molecule has 1 atom stereocenters. The molecule has 1 saturated heterocycles. The Balaban J connectivity index is 1.61. The van der Waals surface area contributed by atoms with Crippen LogP contribution in [0.5, 0.6) is 0 Å². The number of hydrazine groups is 1. The van der Waals surface area contributed by atoms with Gasteiger partial charge in [-0.15, -0.1) is 0 Å². The number of amides is 1. The van der Waals surface area contributed by atoms with E-state index in [9.17, 15) is 9.90 Å². The molecule has 8 nitrogen and oxygen atoms in total. The molecule has 0 bridgehead atoms. The molecule has 3 N–H and O–H groups in total. The third kappa shape index (κ3) is 4.79. The number of aromatic nitrogens is 2. The fraction of sp³-hybridized carbons (Fsp3) is 0.208. The first kappa shape index (κ1) is 22.6. The van der Waals surface area contributed by atoms with E-state index in [2.05, 4.69) is 10.3 Å². The molecule has 1 fully saturated rings. The average molecular weight is 463 g/mol. The van der Waals surface area contributed by atoms with Crippen molar-refractivity contribution in [1.29, 1.82) is 5.41 Å². The number of carbonyl (C=O) groups excluding carboxylic acids is 1. The average Bonchev–Trinajstić information content (AvgIpc) is 3.45. The van der Waals surface area contributed by atoms with E-state index in [0.717, 1.165) is 16.1 Å². The van der Waals surface area contributed by atoms with Gasteiger partial charge in [-0.25, -0.2) is 4.98 Å². The molecule has 33 heavy (non-hydrogen) atoms. The standard InChI is InChI=1S/C24H26N6O2S/c1-17(15-31)30-22(25)21(24(32)28(30)2)23(33-20-6-4-3-5-7-20)27-14-18-8-10-19(11-9-18)29-13-12-26-16-29/h3-13,16-17,25,27,31H,14-15H2,1-2H3/b23-21-,25-22?. The fourth-order valence-electron chi connectivity index (χ4n) is 3.59. The lowest BCUT2D eigenvalue weighted by molar-refractivity contribution is -0.134. The summed E-state index contributed by atoms with van der Waals surface area (Å²) in [5.41, 5.74) is 2.34. The molecular weight excluding hydrogens is 436 g/mol. The maximum Gasteiger partial charge on any atom is 0.278 e. The number of hydrogen-bond acceptors (Lipinski definition) is 6. The van der Waals surface area contributed by atoms with Gasteiger partial charge < -0.3 is 15.0 Å². The minimum absolute atomic E-state index is 0.0745. The molecule has 4 rings (SSSR count). The molecule has 0 spiro atoms. The number of aliphatic hydroxyl groups excluding tert-OH is 1. The first-order valence-corrected chi connectivity index (χ1v) is 11.4. The van der Waals surface area contributed by atoms with Crippen LogP contribution < -0.4 is 5.32 Å². The number of carbonyl (C=O) groups is 1. The predicted octanol–water partition coefficient (Wildman–Crippen LogP) is 3.01. The van der Waals surface area contributed by atoms with Crippen molar-refractivity contribution < 1.29 is 9.90 Å². The van der Waals surface area contributed by atoms with Crippen LogP contribution in [0.1, 0.15) is 12.5 Å². The van der Waals surface area contributed by atoms with Gasteiger partial charge in [-0.05, 0) is 36.8 Å². The molecule has 9 heteroatoms. The molecule has 170 valence electrons. The highest BCUT2D eigenvalue weighted by Gasteiger charge is 2.40. The van der Waals surface area contributed by atoms with Crippen LogP contribution in [0.2, 0.25) is 0 Å². The minimum Gasteiger partial charge on any atom is -0.394 e. The number of aliphatic hydroxyl groups is 1. The molecule has 1 aliphatic rings. The summed E-state index contributed by atoms with van der Waals surface area (Å²) >= 11 is 1.42. The number of nitrogens with one attached hydrogen (secondary N) is 2. The van der Waals surface area contributed by atoms with Crippen LogP contribution >= 0.6 is 11.8 Å². The van der Waals surface area contributed by atoms with E-state index in [1.807, 2.05) is 65.4 Å². The topological polar surface area (TPSA) is 97.5 Å². The van der Waals surface area contributed by atoms with Crippen LogP contribution in [0, 0.1) is 5.41 Å². The molecule has 2 aromatic carbocycles. The summed E-state index contributed by atoms with van der Waals surface area (Å²) in [7, 11) is 1.62. The van der Waals surface area contributed by atoms with E-state index in [1.54, 1.807) is 26.5 Å². The van der Waals surface area contributed by atoms with Crippen molar-refractivity contribution in [3.05, 3.63) is 89.5 Å². The van der Waals surface area contributed by atoms with Crippen LogP contribution in [0.15, 0.2) is 88.8 Å². The van der Waals surface area contributed by atoms with E-state index in [0.29, 0.717) is 17.1 Å². The van der Waals surface area contributed by atoms with Crippen LogP contribution in [0.4, 0.5) is 0 Å². The van der Waals surface area contributed by atoms with Gasteiger partial charge in [0.1, 0.15) is 5.57 Å². The van der Waals surface area contributed by atoms with Crippen LogP contribution in [0.25, 0.3) is 5.69 Å². The quantitative estimate of drug-likeness (QED) is 0.352. The van der Waals surface area contributed by atoms with Gasteiger partial charge in [-0.2, -0.15) is 0 Å². The number of hydrogen-bond donors (Lipinski definition) is 3.